The van der Waals surface area contributed by atoms with E-state index in [-0.39, 0.29) is 5.92 Å². The molecular formula is C9H18Cl2NO2-. The second kappa shape index (κ2) is 11.1. The monoisotopic (exact) mass is 242 g/mol. The van der Waals surface area contributed by atoms with Gasteiger partial charge in [0, 0.05) is 13.0 Å². The van der Waals surface area contributed by atoms with E-state index in [1.54, 1.807) is 0 Å². The molecule has 0 unspecified atom stereocenters. The van der Waals surface area contributed by atoms with Gasteiger partial charge in [0.1, 0.15) is 0 Å². The highest BCUT2D eigenvalue weighted by Gasteiger charge is 2.05. The molecule has 0 amide bonds. The van der Waals surface area contributed by atoms with Crippen molar-refractivity contribution in [1.82, 2.24) is 3.94 Å². The van der Waals surface area contributed by atoms with Crippen molar-refractivity contribution < 1.29 is 9.90 Å². The molecule has 86 valence electrons. The minimum absolute atomic E-state index is 0.213. The molecule has 0 aliphatic heterocycles. The number of hydrogen-bond donors (Lipinski definition) is 0. The number of aliphatic carboxylic acids is 1. The quantitative estimate of drug-likeness (QED) is 0.695. The lowest BCUT2D eigenvalue weighted by Gasteiger charge is -2.15. The van der Waals surface area contributed by atoms with Gasteiger partial charge < -0.3 is 9.90 Å². The summed E-state index contributed by atoms with van der Waals surface area (Å²) in [6.45, 7) is 3.98. The fourth-order valence-corrected chi connectivity index (χ4v) is 1.08. The number of carboxylic acid groups (broad SMARTS) is 1. The Labute approximate surface area is 96.2 Å². The van der Waals surface area contributed by atoms with Gasteiger partial charge >= 0.3 is 0 Å². The predicted octanol–water partition coefficient (Wildman–Crippen LogP) is 2.18. The van der Waals surface area contributed by atoms with Crippen LogP contribution in [0.2, 0.25) is 0 Å². The highest BCUT2D eigenvalue weighted by Crippen LogP contribution is 2.11. The number of nitrogens with zero attached hydrogens (tertiary/aromatic N) is 1. The average Bonchev–Trinajstić information content (AvgIpc) is 2.02. The maximum Gasteiger partial charge on any atom is 0.0445 e. The molecule has 0 aliphatic carbocycles. The summed E-state index contributed by atoms with van der Waals surface area (Å²) in [5, 5.41) is 10.4. The van der Waals surface area contributed by atoms with E-state index in [2.05, 4.69) is 0 Å². The Morgan fingerprint density at radius 2 is 1.57 bits per heavy atom. The SMILES string of the molecule is CCCC(CCC)C(=O)[O-].CN(Cl)Cl. The molecule has 0 aromatic rings. The van der Waals surface area contributed by atoms with Gasteiger partial charge in [-0.3, -0.25) is 0 Å². The van der Waals surface area contributed by atoms with E-state index in [9.17, 15) is 9.90 Å². The number of hydrogen-bond acceptors (Lipinski definition) is 3. The van der Waals surface area contributed by atoms with Gasteiger partial charge in [-0.2, -0.15) is 0 Å². The Kier molecular flexibility index (Phi) is 13.0. The normalized spacial score (nSPS) is 9.93. The summed E-state index contributed by atoms with van der Waals surface area (Å²) in [6, 6.07) is 0. The van der Waals surface area contributed by atoms with Crippen molar-refractivity contribution >= 4 is 29.5 Å². The molecule has 0 heterocycles. The van der Waals surface area contributed by atoms with E-state index < -0.39 is 5.97 Å². The lowest BCUT2D eigenvalue weighted by Crippen LogP contribution is -2.31. The maximum atomic E-state index is 10.4. The first-order valence-corrected chi connectivity index (χ1v) is 5.39. The molecule has 14 heavy (non-hydrogen) atoms. The van der Waals surface area contributed by atoms with Crippen LogP contribution in [0.15, 0.2) is 0 Å². The van der Waals surface area contributed by atoms with Gasteiger partial charge in [0.2, 0.25) is 0 Å². The third-order valence-corrected chi connectivity index (χ3v) is 1.61. The van der Waals surface area contributed by atoms with Gasteiger partial charge in [0.05, 0.1) is 0 Å². The second-order valence-corrected chi connectivity index (χ2v) is 4.18. The summed E-state index contributed by atoms with van der Waals surface area (Å²) in [6.07, 6.45) is 3.38. The minimum atomic E-state index is -0.885. The number of carbonyl (C=O) groups excluding carboxylic acids is 1. The van der Waals surface area contributed by atoms with Crippen molar-refractivity contribution in [3.8, 4) is 0 Å². The van der Waals surface area contributed by atoms with Crippen LogP contribution in [0, 0.1) is 5.92 Å². The summed E-state index contributed by atoms with van der Waals surface area (Å²) in [5.74, 6) is -1.10. The lowest BCUT2D eigenvalue weighted by molar-refractivity contribution is -0.312. The third-order valence-electron chi connectivity index (χ3n) is 1.61. The number of carbonyl (C=O) groups is 1. The van der Waals surface area contributed by atoms with Crippen LogP contribution < -0.4 is 5.11 Å². The Morgan fingerprint density at radius 3 is 1.71 bits per heavy atom. The first-order valence-electron chi connectivity index (χ1n) is 4.71. The van der Waals surface area contributed by atoms with E-state index >= 15 is 0 Å². The van der Waals surface area contributed by atoms with Crippen molar-refractivity contribution in [2.45, 2.75) is 39.5 Å². The fourth-order valence-electron chi connectivity index (χ4n) is 1.08. The van der Waals surface area contributed by atoms with Crippen LogP contribution in [0.25, 0.3) is 0 Å². The maximum absolute atomic E-state index is 10.4. The van der Waals surface area contributed by atoms with Crippen LogP contribution in [0.1, 0.15) is 39.5 Å². The van der Waals surface area contributed by atoms with Gasteiger partial charge in [0.15, 0.2) is 0 Å². The molecule has 0 fully saturated rings. The van der Waals surface area contributed by atoms with E-state index in [4.69, 9.17) is 23.6 Å². The van der Waals surface area contributed by atoms with Crippen LogP contribution in [-0.2, 0) is 4.79 Å². The van der Waals surface area contributed by atoms with Crippen LogP contribution >= 0.6 is 23.6 Å². The standard InChI is InChI=1S/C8H16O2.CH3Cl2N/c1-3-5-7(6-4-2)8(9)10;1-4(2)3/h7H,3-6H2,1-2H3,(H,9,10);1H3/p-1. The molecule has 0 aromatic carbocycles. The summed E-state index contributed by atoms with van der Waals surface area (Å²) < 4.78 is 0.944. The third kappa shape index (κ3) is 14.5. The molecule has 0 aromatic heterocycles. The summed E-state index contributed by atoms with van der Waals surface area (Å²) in [4.78, 5) is 10.4. The molecule has 0 saturated heterocycles. The number of carboxylic acids is 1. The molecule has 0 aliphatic rings. The van der Waals surface area contributed by atoms with Crippen molar-refractivity contribution in [3.05, 3.63) is 0 Å². The lowest BCUT2D eigenvalue weighted by atomic mass is 9.99. The molecular weight excluding hydrogens is 225 g/mol. The zero-order valence-electron chi connectivity index (χ0n) is 8.93. The van der Waals surface area contributed by atoms with Crippen LogP contribution in [0.5, 0.6) is 0 Å². The first kappa shape index (κ1) is 16.4. The van der Waals surface area contributed by atoms with Crippen LogP contribution in [-0.4, -0.2) is 17.0 Å². The Hall–Kier alpha value is 0.01000. The topological polar surface area (TPSA) is 43.4 Å². The molecule has 0 atom stereocenters. The van der Waals surface area contributed by atoms with Gasteiger partial charge in [-0.05, 0) is 42.3 Å². The van der Waals surface area contributed by atoms with Crippen molar-refractivity contribution in [3.63, 3.8) is 0 Å². The predicted molar refractivity (Wildman–Crippen MR) is 57.8 cm³/mol. The van der Waals surface area contributed by atoms with E-state index in [0.717, 1.165) is 29.6 Å². The van der Waals surface area contributed by atoms with Crippen molar-refractivity contribution in [2.75, 3.05) is 7.05 Å². The number of rotatable bonds is 5. The highest BCUT2D eigenvalue weighted by molar-refractivity contribution is 6.33. The Bertz CT molecular complexity index is 134. The highest BCUT2D eigenvalue weighted by atomic mass is 35.5. The first-order chi connectivity index (χ1) is 6.45. The Balaban J connectivity index is 0. The van der Waals surface area contributed by atoms with E-state index in [1.807, 2.05) is 13.8 Å². The van der Waals surface area contributed by atoms with Crippen molar-refractivity contribution in [2.24, 2.45) is 5.92 Å². The largest absolute Gasteiger partial charge is 0.550 e. The van der Waals surface area contributed by atoms with Crippen LogP contribution in [0.4, 0.5) is 0 Å². The molecule has 3 nitrogen and oxygen atoms in total. The summed E-state index contributed by atoms with van der Waals surface area (Å²) in [7, 11) is 1.53. The molecule has 0 saturated carbocycles. The van der Waals surface area contributed by atoms with Gasteiger partial charge in [-0.1, -0.05) is 26.7 Å². The molecule has 0 spiro atoms. The average molecular weight is 243 g/mol. The summed E-state index contributed by atoms with van der Waals surface area (Å²) in [5.41, 5.74) is 0. The molecule has 0 radical (unpaired) electrons. The van der Waals surface area contributed by atoms with Crippen LogP contribution in [0.3, 0.4) is 0 Å². The summed E-state index contributed by atoms with van der Waals surface area (Å²) >= 11 is 9.75. The van der Waals surface area contributed by atoms with Gasteiger partial charge in [-0.15, -0.1) is 3.94 Å². The Morgan fingerprint density at radius 1 is 1.29 bits per heavy atom. The fraction of sp³-hybridized carbons (Fsp3) is 0.889. The zero-order valence-corrected chi connectivity index (χ0v) is 10.4. The second-order valence-electron chi connectivity index (χ2n) is 3.00. The minimum Gasteiger partial charge on any atom is -0.550 e. The molecule has 0 rings (SSSR count). The molecule has 0 bridgehead atoms. The smallest absolute Gasteiger partial charge is 0.0445 e. The van der Waals surface area contributed by atoms with Gasteiger partial charge in [0.25, 0.3) is 0 Å². The van der Waals surface area contributed by atoms with Gasteiger partial charge in [-0.25, -0.2) is 0 Å². The van der Waals surface area contributed by atoms with E-state index in [1.165, 1.54) is 7.05 Å². The number of halogens is 2. The van der Waals surface area contributed by atoms with E-state index in [0.29, 0.717) is 0 Å². The molecule has 0 N–H and O–H groups in total. The van der Waals surface area contributed by atoms with Crippen molar-refractivity contribution in [1.29, 1.82) is 0 Å². The molecule has 5 heteroatoms. The zero-order chi connectivity index (χ0) is 11.6.